The molecule has 0 N–H and O–H groups in total. The van der Waals surface area contributed by atoms with Gasteiger partial charge < -0.3 is 4.74 Å². The highest BCUT2D eigenvalue weighted by atomic mass is 32.2. The molecule has 0 radical (unpaired) electrons. The van der Waals surface area contributed by atoms with Crippen LogP contribution in [0.1, 0.15) is 11.1 Å². The summed E-state index contributed by atoms with van der Waals surface area (Å²) in [6, 6.07) is 13.5. The van der Waals surface area contributed by atoms with Crippen LogP contribution in [0.3, 0.4) is 0 Å². The molecule has 1 fully saturated rings. The van der Waals surface area contributed by atoms with E-state index in [4.69, 9.17) is 4.74 Å². The van der Waals surface area contributed by atoms with Crippen LogP contribution >= 0.6 is 0 Å². The van der Waals surface area contributed by atoms with Crippen molar-refractivity contribution < 1.29 is 17.5 Å². The lowest BCUT2D eigenvalue weighted by Crippen LogP contribution is -2.48. The standard InChI is InChI=1S/C19H23FN2O3S/c1-25-19-4-2-3-17(13-19)14-21-9-11-22(12-10-21)26(23,24)15-16-5-7-18(20)8-6-16/h2-8,13H,9-12,14-15H2,1H3. The van der Waals surface area contributed by atoms with Gasteiger partial charge in [0.25, 0.3) is 0 Å². The van der Waals surface area contributed by atoms with Gasteiger partial charge >= 0.3 is 0 Å². The molecular formula is C19H23FN2O3S. The summed E-state index contributed by atoms with van der Waals surface area (Å²) in [7, 11) is -1.75. The van der Waals surface area contributed by atoms with Gasteiger partial charge in [0.2, 0.25) is 10.0 Å². The number of halogens is 1. The Hall–Kier alpha value is -1.96. The minimum Gasteiger partial charge on any atom is -0.497 e. The molecule has 0 spiro atoms. The molecular weight excluding hydrogens is 355 g/mol. The molecule has 1 saturated heterocycles. The van der Waals surface area contributed by atoms with Crippen molar-refractivity contribution in [2.75, 3.05) is 33.3 Å². The molecule has 0 unspecified atom stereocenters. The van der Waals surface area contributed by atoms with Gasteiger partial charge in [-0.25, -0.2) is 12.8 Å². The van der Waals surface area contributed by atoms with Crippen LogP contribution in [-0.2, 0) is 22.3 Å². The number of ether oxygens (including phenoxy) is 1. The summed E-state index contributed by atoms with van der Waals surface area (Å²) in [5.74, 6) is 0.365. The molecule has 0 bridgehead atoms. The first-order valence-corrected chi connectivity index (χ1v) is 10.1. The Morgan fingerprint density at radius 2 is 1.69 bits per heavy atom. The van der Waals surface area contributed by atoms with Gasteiger partial charge in [0.15, 0.2) is 0 Å². The van der Waals surface area contributed by atoms with Crippen molar-refractivity contribution in [3.05, 3.63) is 65.5 Å². The number of benzene rings is 2. The van der Waals surface area contributed by atoms with Crippen LogP contribution in [0, 0.1) is 5.82 Å². The third-order valence-corrected chi connectivity index (χ3v) is 6.38. The third-order valence-electron chi connectivity index (χ3n) is 4.53. The number of sulfonamides is 1. The Balaban J connectivity index is 1.56. The van der Waals surface area contributed by atoms with Crippen molar-refractivity contribution in [3.8, 4) is 5.75 Å². The molecule has 7 heteroatoms. The fraction of sp³-hybridized carbons (Fsp3) is 0.368. The Morgan fingerprint density at radius 1 is 1.00 bits per heavy atom. The molecule has 5 nitrogen and oxygen atoms in total. The lowest BCUT2D eigenvalue weighted by Gasteiger charge is -2.34. The minimum absolute atomic E-state index is 0.0941. The summed E-state index contributed by atoms with van der Waals surface area (Å²) in [5.41, 5.74) is 1.75. The van der Waals surface area contributed by atoms with Crippen LogP contribution in [0.2, 0.25) is 0 Å². The van der Waals surface area contributed by atoms with Crippen molar-refractivity contribution in [1.82, 2.24) is 9.21 Å². The molecule has 2 aromatic rings. The number of hydrogen-bond acceptors (Lipinski definition) is 4. The fourth-order valence-electron chi connectivity index (χ4n) is 3.08. The molecule has 140 valence electrons. The topological polar surface area (TPSA) is 49.9 Å². The van der Waals surface area contributed by atoms with Crippen LogP contribution in [0.15, 0.2) is 48.5 Å². The molecule has 0 saturated carbocycles. The monoisotopic (exact) mass is 378 g/mol. The molecule has 26 heavy (non-hydrogen) atoms. The van der Waals surface area contributed by atoms with Gasteiger partial charge in [0, 0.05) is 32.7 Å². The van der Waals surface area contributed by atoms with Crippen molar-refractivity contribution in [1.29, 1.82) is 0 Å². The molecule has 2 aromatic carbocycles. The van der Waals surface area contributed by atoms with Crippen LogP contribution in [0.5, 0.6) is 5.75 Å². The van der Waals surface area contributed by atoms with Gasteiger partial charge in [0.05, 0.1) is 12.9 Å². The fourth-order valence-corrected chi connectivity index (χ4v) is 4.59. The van der Waals surface area contributed by atoms with E-state index in [0.29, 0.717) is 31.7 Å². The Kier molecular flexibility index (Phi) is 5.90. The summed E-state index contributed by atoms with van der Waals surface area (Å²) in [6.45, 7) is 3.06. The zero-order chi connectivity index (χ0) is 18.6. The van der Waals surface area contributed by atoms with Gasteiger partial charge in [-0.05, 0) is 35.4 Å². The zero-order valence-electron chi connectivity index (χ0n) is 14.8. The van der Waals surface area contributed by atoms with E-state index in [9.17, 15) is 12.8 Å². The van der Waals surface area contributed by atoms with E-state index in [1.54, 1.807) is 7.11 Å². The maximum absolute atomic E-state index is 13.0. The average Bonchev–Trinajstić information content (AvgIpc) is 2.64. The number of piperazine rings is 1. The number of hydrogen-bond donors (Lipinski definition) is 0. The zero-order valence-corrected chi connectivity index (χ0v) is 15.6. The van der Waals surface area contributed by atoms with Crippen molar-refractivity contribution in [2.24, 2.45) is 0 Å². The van der Waals surface area contributed by atoms with Crippen LogP contribution in [-0.4, -0.2) is 50.9 Å². The molecule has 1 aliphatic rings. The SMILES string of the molecule is COc1cccc(CN2CCN(S(=O)(=O)Cc3ccc(F)cc3)CC2)c1. The Morgan fingerprint density at radius 3 is 2.35 bits per heavy atom. The summed E-state index contributed by atoms with van der Waals surface area (Å²) < 4.78 is 44.9. The van der Waals surface area contributed by atoms with E-state index in [-0.39, 0.29) is 11.6 Å². The smallest absolute Gasteiger partial charge is 0.218 e. The normalized spacial score (nSPS) is 16.5. The lowest BCUT2D eigenvalue weighted by atomic mass is 10.2. The van der Waals surface area contributed by atoms with E-state index in [1.165, 1.54) is 28.6 Å². The minimum atomic E-state index is -3.39. The maximum Gasteiger partial charge on any atom is 0.218 e. The molecule has 3 rings (SSSR count). The largest absolute Gasteiger partial charge is 0.497 e. The third kappa shape index (κ3) is 4.81. The van der Waals surface area contributed by atoms with Gasteiger partial charge in [-0.3, -0.25) is 4.90 Å². The van der Waals surface area contributed by atoms with Crippen molar-refractivity contribution >= 4 is 10.0 Å². The first-order chi connectivity index (χ1) is 12.5. The highest BCUT2D eigenvalue weighted by Crippen LogP contribution is 2.18. The van der Waals surface area contributed by atoms with E-state index in [0.717, 1.165) is 17.9 Å². The summed E-state index contributed by atoms with van der Waals surface area (Å²) in [6.07, 6.45) is 0. The molecule has 0 amide bonds. The predicted molar refractivity (Wildman–Crippen MR) is 98.9 cm³/mol. The van der Waals surface area contributed by atoms with E-state index in [2.05, 4.69) is 4.90 Å². The molecule has 0 atom stereocenters. The molecule has 1 heterocycles. The van der Waals surface area contributed by atoms with Crippen LogP contribution in [0.4, 0.5) is 4.39 Å². The molecule has 1 aliphatic heterocycles. The van der Waals surface area contributed by atoms with Gasteiger partial charge in [-0.15, -0.1) is 0 Å². The molecule has 0 aromatic heterocycles. The number of rotatable bonds is 6. The quantitative estimate of drug-likeness (QED) is 0.775. The van der Waals surface area contributed by atoms with Gasteiger partial charge in [0.1, 0.15) is 11.6 Å². The summed E-state index contributed by atoms with van der Waals surface area (Å²) in [4.78, 5) is 2.23. The predicted octanol–water partition coefficient (Wildman–Crippen LogP) is 2.48. The Labute approximate surface area is 154 Å². The van der Waals surface area contributed by atoms with Gasteiger partial charge in [-0.1, -0.05) is 24.3 Å². The van der Waals surface area contributed by atoms with Crippen molar-refractivity contribution in [3.63, 3.8) is 0 Å². The number of nitrogens with zero attached hydrogens (tertiary/aromatic N) is 2. The lowest BCUT2D eigenvalue weighted by molar-refractivity contribution is 0.181. The first-order valence-electron chi connectivity index (χ1n) is 8.54. The number of methoxy groups -OCH3 is 1. The van der Waals surface area contributed by atoms with Crippen molar-refractivity contribution in [2.45, 2.75) is 12.3 Å². The maximum atomic E-state index is 13.0. The van der Waals surface area contributed by atoms with Crippen LogP contribution in [0.25, 0.3) is 0 Å². The highest BCUT2D eigenvalue weighted by Gasteiger charge is 2.27. The second kappa shape index (κ2) is 8.16. The van der Waals surface area contributed by atoms with Crippen LogP contribution < -0.4 is 4.74 Å². The Bertz CT molecular complexity index is 832. The van der Waals surface area contributed by atoms with Gasteiger partial charge in [-0.2, -0.15) is 4.31 Å². The van der Waals surface area contributed by atoms with E-state index >= 15 is 0 Å². The second-order valence-corrected chi connectivity index (χ2v) is 8.38. The first kappa shape index (κ1) is 18.8. The van der Waals surface area contributed by atoms with E-state index in [1.807, 2.05) is 24.3 Å². The molecule has 0 aliphatic carbocycles. The summed E-state index contributed by atoms with van der Waals surface area (Å²) >= 11 is 0. The average molecular weight is 378 g/mol. The summed E-state index contributed by atoms with van der Waals surface area (Å²) in [5, 5.41) is 0. The van der Waals surface area contributed by atoms with E-state index < -0.39 is 10.0 Å². The second-order valence-electron chi connectivity index (χ2n) is 6.41. The highest BCUT2D eigenvalue weighted by molar-refractivity contribution is 7.88.